The number of phenolic OH excluding ortho intramolecular Hbond substituents is 1. The van der Waals surface area contributed by atoms with Gasteiger partial charge < -0.3 is 34.3 Å². The van der Waals surface area contributed by atoms with Crippen LogP contribution < -0.4 is 4.74 Å². The van der Waals surface area contributed by atoms with Crippen LogP contribution in [0.15, 0.2) is 24.3 Å². The van der Waals surface area contributed by atoms with Crippen molar-refractivity contribution in [3.8, 4) is 11.5 Å². The van der Waals surface area contributed by atoms with Gasteiger partial charge in [-0.05, 0) is 23.8 Å². The van der Waals surface area contributed by atoms with E-state index in [-0.39, 0.29) is 11.5 Å². The molecule has 1 aromatic rings. The van der Waals surface area contributed by atoms with Crippen LogP contribution >= 0.6 is 0 Å². The van der Waals surface area contributed by atoms with E-state index in [0.29, 0.717) is 5.56 Å². The van der Waals surface area contributed by atoms with Crippen LogP contribution in [0, 0.1) is 0 Å². The van der Waals surface area contributed by atoms with Gasteiger partial charge in [-0.25, -0.2) is 9.59 Å². The number of aliphatic hydroxyl groups excluding tert-OH is 2. The molecule has 0 aliphatic carbocycles. The highest BCUT2D eigenvalue weighted by Gasteiger charge is 2.47. The average Bonchev–Trinajstić information content (AvgIpc) is 2.93. The Hall–Kier alpha value is -2.62. The number of cyclic esters (lactones) is 1. The molecular formula is C17H20O9. The maximum Gasteiger partial charge on any atom is 0.338 e. The Bertz CT molecular complexity index is 685. The molecule has 4 atom stereocenters. The fourth-order valence-corrected chi connectivity index (χ4v) is 2.42. The van der Waals surface area contributed by atoms with Crippen LogP contribution in [-0.2, 0) is 23.8 Å². The van der Waals surface area contributed by atoms with Gasteiger partial charge in [0.1, 0.15) is 18.8 Å². The van der Waals surface area contributed by atoms with Gasteiger partial charge in [0.2, 0.25) is 0 Å². The van der Waals surface area contributed by atoms with Gasteiger partial charge >= 0.3 is 11.9 Å². The lowest BCUT2D eigenvalue weighted by Gasteiger charge is -2.21. The molecule has 0 saturated carbocycles. The summed E-state index contributed by atoms with van der Waals surface area (Å²) in [6, 6.07) is 4.51. The first-order chi connectivity index (χ1) is 12.4. The Labute approximate surface area is 149 Å². The molecule has 9 nitrogen and oxygen atoms in total. The molecule has 0 unspecified atom stereocenters. The number of carbonyl (C=O) groups is 2. The van der Waals surface area contributed by atoms with Gasteiger partial charge in [-0.1, -0.05) is 6.07 Å². The van der Waals surface area contributed by atoms with Gasteiger partial charge in [0, 0.05) is 13.2 Å². The molecule has 1 heterocycles. The van der Waals surface area contributed by atoms with E-state index < -0.39 is 43.0 Å². The minimum Gasteiger partial charge on any atom is -0.504 e. The van der Waals surface area contributed by atoms with Crippen LogP contribution in [-0.4, -0.2) is 72.5 Å². The zero-order valence-electron chi connectivity index (χ0n) is 14.2. The van der Waals surface area contributed by atoms with Crippen LogP contribution in [0.5, 0.6) is 11.5 Å². The van der Waals surface area contributed by atoms with Crippen LogP contribution in [0.4, 0.5) is 0 Å². The maximum absolute atomic E-state index is 11.7. The number of hydrogen-bond donors (Lipinski definition) is 3. The molecule has 1 fully saturated rings. The number of esters is 2. The second kappa shape index (κ2) is 8.65. The number of benzene rings is 1. The van der Waals surface area contributed by atoms with E-state index >= 15 is 0 Å². The third kappa shape index (κ3) is 4.51. The van der Waals surface area contributed by atoms with Crippen LogP contribution in [0.25, 0.3) is 6.08 Å². The summed E-state index contributed by atoms with van der Waals surface area (Å²) in [5, 5.41) is 29.1. The standard InChI is InChI=1S/C17H20O9/c1-23-12-7-9(3-5-10(12)18)4-6-13(20)25-8-11(19)15-16(24-2)14(21)17(22)26-15/h3-7,11,14-16,18-19,21H,8H2,1-2H3/b6-4+/t11-,14+,15-,16-/m0/s1. The van der Waals surface area contributed by atoms with Gasteiger partial charge in [0.15, 0.2) is 23.7 Å². The fourth-order valence-electron chi connectivity index (χ4n) is 2.42. The zero-order chi connectivity index (χ0) is 19.3. The van der Waals surface area contributed by atoms with E-state index in [4.69, 9.17) is 18.9 Å². The van der Waals surface area contributed by atoms with E-state index in [9.17, 15) is 24.9 Å². The second-order valence-corrected chi connectivity index (χ2v) is 5.51. The largest absolute Gasteiger partial charge is 0.504 e. The van der Waals surface area contributed by atoms with E-state index in [1.165, 1.54) is 32.4 Å². The van der Waals surface area contributed by atoms with Gasteiger partial charge in [-0.2, -0.15) is 0 Å². The molecule has 0 aromatic heterocycles. The molecule has 0 spiro atoms. The van der Waals surface area contributed by atoms with Gasteiger partial charge in [0.05, 0.1) is 7.11 Å². The number of hydrogen-bond acceptors (Lipinski definition) is 9. The molecule has 26 heavy (non-hydrogen) atoms. The lowest BCUT2D eigenvalue weighted by molar-refractivity contribution is -0.154. The summed E-state index contributed by atoms with van der Waals surface area (Å²) in [7, 11) is 2.66. The average molecular weight is 368 g/mol. The summed E-state index contributed by atoms with van der Waals surface area (Å²) in [4.78, 5) is 23.1. The van der Waals surface area contributed by atoms with E-state index in [1.54, 1.807) is 6.07 Å². The first-order valence-electron chi connectivity index (χ1n) is 7.68. The first kappa shape index (κ1) is 19.7. The molecule has 0 bridgehead atoms. The van der Waals surface area contributed by atoms with Crippen molar-refractivity contribution in [1.82, 2.24) is 0 Å². The molecule has 3 N–H and O–H groups in total. The van der Waals surface area contributed by atoms with Crippen molar-refractivity contribution in [3.63, 3.8) is 0 Å². The topological polar surface area (TPSA) is 132 Å². The Morgan fingerprint density at radius 1 is 1.38 bits per heavy atom. The van der Waals surface area contributed by atoms with Gasteiger partial charge in [-0.3, -0.25) is 0 Å². The van der Waals surface area contributed by atoms with Crippen molar-refractivity contribution in [2.45, 2.75) is 24.4 Å². The zero-order valence-corrected chi connectivity index (χ0v) is 14.2. The van der Waals surface area contributed by atoms with Gasteiger partial charge in [0.25, 0.3) is 0 Å². The smallest absolute Gasteiger partial charge is 0.338 e. The molecule has 0 amide bonds. The molecular weight excluding hydrogens is 348 g/mol. The highest BCUT2D eigenvalue weighted by atomic mass is 16.6. The number of aliphatic hydroxyl groups is 2. The first-order valence-corrected chi connectivity index (χ1v) is 7.68. The van der Waals surface area contributed by atoms with E-state index in [2.05, 4.69) is 0 Å². The summed E-state index contributed by atoms with van der Waals surface area (Å²) in [6.45, 7) is -0.452. The minimum atomic E-state index is -1.50. The van der Waals surface area contributed by atoms with Crippen LogP contribution in [0.1, 0.15) is 5.56 Å². The van der Waals surface area contributed by atoms with Gasteiger partial charge in [-0.15, -0.1) is 0 Å². The van der Waals surface area contributed by atoms with Crippen molar-refractivity contribution < 1.29 is 43.9 Å². The molecule has 1 aliphatic heterocycles. The van der Waals surface area contributed by atoms with Crippen molar-refractivity contribution in [1.29, 1.82) is 0 Å². The highest BCUT2D eigenvalue weighted by Crippen LogP contribution is 2.26. The number of rotatable bonds is 7. The summed E-state index contributed by atoms with van der Waals surface area (Å²) in [5.41, 5.74) is 0.587. The number of ether oxygens (including phenoxy) is 4. The number of aromatic hydroxyl groups is 1. The number of phenols is 1. The van der Waals surface area contributed by atoms with Crippen LogP contribution in [0.2, 0.25) is 0 Å². The Balaban J connectivity index is 1.89. The van der Waals surface area contributed by atoms with Crippen molar-refractivity contribution in [2.75, 3.05) is 20.8 Å². The predicted octanol–water partition coefficient (Wildman–Crippen LogP) is -0.381. The van der Waals surface area contributed by atoms with E-state index in [0.717, 1.165) is 6.08 Å². The maximum atomic E-state index is 11.7. The van der Waals surface area contributed by atoms with Crippen LogP contribution in [0.3, 0.4) is 0 Å². The highest BCUT2D eigenvalue weighted by molar-refractivity contribution is 5.87. The summed E-state index contributed by atoms with van der Waals surface area (Å²) in [5.74, 6) is -1.43. The second-order valence-electron chi connectivity index (χ2n) is 5.51. The Kier molecular flexibility index (Phi) is 6.56. The lowest BCUT2D eigenvalue weighted by atomic mass is 10.1. The summed E-state index contributed by atoms with van der Waals surface area (Å²) < 4.78 is 19.6. The Morgan fingerprint density at radius 3 is 2.77 bits per heavy atom. The SMILES string of the molecule is COc1cc(/C=C/C(=O)OC[C@H](O)[C@@H]2OC(=O)[C@H](O)[C@@H]2OC)ccc1O. The van der Waals surface area contributed by atoms with Crippen molar-refractivity contribution >= 4 is 18.0 Å². The molecule has 1 saturated heterocycles. The molecule has 142 valence electrons. The number of carbonyl (C=O) groups excluding carboxylic acids is 2. The fraction of sp³-hybridized carbons (Fsp3) is 0.412. The molecule has 1 aliphatic rings. The third-order valence-electron chi connectivity index (χ3n) is 3.79. The lowest BCUT2D eigenvalue weighted by Crippen LogP contribution is -2.42. The predicted molar refractivity (Wildman–Crippen MR) is 87.3 cm³/mol. The molecule has 1 aromatic carbocycles. The minimum absolute atomic E-state index is 0.0312. The summed E-state index contributed by atoms with van der Waals surface area (Å²) >= 11 is 0. The monoisotopic (exact) mass is 368 g/mol. The number of methoxy groups -OCH3 is 2. The summed E-state index contributed by atoms with van der Waals surface area (Å²) in [6.07, 6.45) is -2.47. The van der Waals surface area contributed by atoms with Crippen molar-refractivity contribution in [3.05, 3.63) is 29.8 Å². The van der Waals surface area contributed by atoms with E-state index in [1.807, 2.05) is 0 Å². The quantitative estimate of drug-likeness (QED) is 0.435. The molecule has 0 radical (unpaired) electrons. The third-order valence-corrected chi connectivity index (χ3v) is 3.79. The molecule has 2 rings (SSSR count). The molecule has 9 heteroatoms. The normalized spacial score (nSPS) is 23.7. The van der Waals surface area contributed by atoms with Crippen molar-refractivity contribution in [2.24, 2.45) is 0 Å². The Morgan fingerprint density at radius 2 is 2.12 bits per heavy atom.